The molecule has 0 bridgehead atoms. The predicted molar refractivity (Wildman–Crippen MR) is 75.3 cm³/mol. The molecule has 0 aliphatic heterocycles. The third kappa shape index (κ3) is 4.03. The average molecular weight is 339 g/mol. The summed E-state index contributed by atoms with van der Waals surface area (Å²) in [6.07, 6.45) is 0. The van der Waals surface area contributed by atoms with Crippen LogP contribution in [0.25, 0.3) is 0 Å². The fourth-order valence-electron chi connectivity index (χ4n) is 1.83. The monoisotopic (exact) mass is 339 g/mol. The minimum Gasteiger partial charge on any atom is -0.477 e. The van der Waals surface area contributed by atoms with Gasteiger partial charge in [-0.1, -0.05) is 0 Å². The van der Waals surface area contributed by atoms with Gasteiger partial charge in [0.1, 0.15) is 10.6 Å². The molecule has 0 fully saturated rings. The lowest BCUT2D eigenvalue weighted by atomic mass is 10.2. The maximum absolute atomic E-state index is 12.1. The molecule has 0 radical (unpaired) electrons. The van der Waals surface area contributed by atoms with Gasteiger partial charge in [0.15, 0.2) is 0 Å². The van der Waals surface area contributed by atoms with Gasteiger partial charge in [-0.25, -0.2) is 31.1 Å². The summed E-state index contributed by atoms with van der Waals surface area (Å²) in [7, 11) is -6.31. The molecule has 1 rings (SSSR count). The zero-order valence-electron chi connectivity index (χ0n) is 11.7. The zero-order valence-corrected chi connectivity index (χ0v) is 13.4. The van der Waals surface area contributed by atoms with Crippen molar-refractivity contribution < 1.29 is 26.7 Å². The summed E-state index contributed by atoms with van der Waals surface area (Å²) in [4.78, 5) is 13.3. The first-order valence-corrected chi connectivity index (χ1v) is 8.98. The van der Waals surface area contributed by atoms with Gasteiger partial charge in [-0.15, -0.1) is 0 Å². The Balaban J connectivity index is 3.02. The van der Waals surface area contributed by atoms with Gasteiger partial charge in [0, 0.05) is 17.8 Å². The molecule has 0 saturated heterocycles. The molecule has 0 spiro atoms. The summed E-state index contributed by atoms with van der Waals surface area (Å²) >= 11 is 0. The summed E-state index contributed by atoms with van der Waals surface area (Å²) in [5.74, 6) is -1.69. The Morgan fingerprint density at radius 2 is 1.81 bits per heavy atom. The smallest absolute Gasteiger partial charge is 0.352 e. The van der Waals surface area contributed by atoms with Crippen LogP contribution in [0.4, 0.5) is 0 Å². The molecule has 0 atom stereocenters. The van der Waals surface area contributed by atoms with Gasteiger partial charge in [-0.05, 0) is 20.9 Å². The fourth-order valence-corrected chi connectivity index (χ4v) is 4.01. The summed E-state index contributed by atoms with van der Waals surface area (Å²) in [6, 6.07) is 0. The highest BCUT2D eigenvalue weighted by molar-refractivity contribution is 7.90. The van der Waals surface area contributed by atoms with Gasteiger partial charge in [0.05, 0.1) is 5.75 Å². The number of hydrogen-bond acceptors (Lipinski definition) is 5. The Labute approximate surface area is 122 Å². The van der Waals surface area contributed by atoms with Crippen molar-refractivity contribution in [2.45, 2.75) is 18.7 Å². The molecule has 120 valence electrons. The van der Waals surface area contributed by atoms with Crippen LogP contribution in [0.15, 0.2) is 4.90 Å². The average Bonchev–Trinajstić information content (AvgIpc) is 2.65. The van der Waals surface area contributed by atoms with E-state index in [1.165, 1.54) is 20.9 Å². The molecular formula is C10H17N3O6S2. The van der Waals surface area contributed by atoms with Crippen molar-refractivity contribution in [1.29, 1.82) is 0 Å². The molecule has 0 aromatic carbocycles. The largest absolute Gasteiger partial charge is 0.477 e. The molecule has 0 aliphatic rings. The second kappa shape index (κ2) is 6.13. The molecule has 0 unspecified atom stereocenters. The summed E-state index contributed by atoms with van der Waals surface area (Å²) in [6.45, 7) is 2.47. The normalized spacial score (nSPS) is 12.5. The molecule has 0 aliphatic carbocycles. The number of rotatable bonds is 7. The van der Waals surface area contributed by atoms with Crippen LogP contribution >= 0.6 is 0 Å². The lowest BCUT2D eigenvalue weighted by molar-refractivity contribution is 0.0690. The van der Waals surface area contributed by atoms with Crippen LogP contribution in [0, 0.1) is 13.8 Å². The highest BCUT2D eigenvalue weighted by Gasteiger charge is 2.26. The number of carboxylic acid groups (broad SMARTS) is 1. The predicted octanol–water partition coefficient (Wildman–Crippen LogP) is -0.843. The Kier molecular flexibility index (Phi) is 5.15. The number of aryl methyl sites for hydroxylation is 1. The minimum absolute atomic E-state index is 0.0731. The third-order valence-corrected chi connectivity index (χ3v) is 5.92. The van der Waals surface area contributed by atoms with Crippen LogP contribution < -0.4 is 9.44 Å². The number of hydrogen-bond donors (Lipinski definition) is 4. The molecule has 0 saturated carbocycles. The summed E-state index contributed by atoms with van der Waals surface area (Å²) < 4.78 is 50.9. The maximum Gasteiger partial charge on any atom is 0.352 e. The van der Waals surface area contributed by atoms with E-state index in [2.05, 4.69) is 14.4 Å². The van der Waals surface area contributed by atoms with E-state index < -0.39 is 31.8 Å². The molecule has 9 nitrogen and oxygen atoms in total. The standard InChI is InChI=1S/C10H17N3O6S2/c1-6-8(10(14)15)13-7(2)9(6)21(18,19)12-4-5-20(16,17)11-3/h11-13H,4-5H2,1-3H3,(H,14,15). The zero-order chi connectivity index (χ0) is 16.4. The van der Waals surface area contributed by atoms with Crippen molar-refractivity contribution in [1.82, 2.24) is 14.4 Å². The number of nitrogens with one attached hydrogen (secondary N) is 3. The first-order valence-electron chi connectivity index (χ1n) is 5.85. The summed E-state index contributed by atoms with van der Waals surface area (Å²) in [5, 5.41) is 8.95. The number of sulfonamides is 2. The lowest BCUT2D eigenvalue weighted by Gasteiger charge is -2.07. The van der Waals surface area contributed by atoms with E-state index in [1.807, 2.05) is 0 Å². The van der Waals surface area contributed by atoms with E-state index >= 15 is 0 Å². The molecule has 4 N–H and O–H groups in total. The van der Waals surface area contributed by atoms with E-state index in [0.717, 1.165) is 0 Å². The van der Waals surface area contributed by atoms with Crippen molar-refractivity contribution in [3.63, 3.8) is 0 Å². The van der Waals surface area contributed by atoms with Gasteiger partial charge < -0.3 is 10.1 Å². The van der Waals surface area contributed by atoms with E-state index in [1.54, 1.807) is 0 Å². The number of aromatic nitrogens is 1. The van der Waals surface area contributed by atoms with E-state index in [9.17, 15) is 21.6 Å². The second-order valence-corrected chi connectivity index (χ2v) is 8.05. The number of carboxylic acids is 1. The third-order valence-electron chi connectivity index (χ3n) is 2.83. The van der Waals surface area contributed by atoms with Gasteiger partial charge >= 0.3 is 5.97 Å². The number of aromatic carboxylic acids is 1. The van der Waals surface area contributed by atoms with Crippen LogP contribution in [-0.4, -0.2) is 52.2 Å². The summed E-state index contributed by atoms with van der Waals surface area (Å²) in [5.41, 5.74) is 0.0357. The Morgan fingerprint density at radius 3 is 2.24 bits per heavy atom. The van der Waals surface area contributed by atoms with Crippen LogP contribution in [0.3, 0.4) is 0 Å². The Bertz CT molecular complexity index is 748. The van der Waals surface area contributed by atoms with Crippen LogP contribution in [0.2, 0.25) is 0 Å². The van der Waals surface area contributed by atoms with Crippen LogP contribution in [0.5, 0.6) is 0 Å². The van der Waals surface area contributed by atoms with Gasteiger partial charge in [-0.2, -0.15) is 0 Å². The van der Waals surface area contributed by atoms with Gasteiger partial charge in [0.2, 0.25) is 20.0 Å². The number of carbonyl (C=O) groups is 1. The van der Waals surface area contributed by atoms with Gasteiger partial charge in [0.25, 0.3) is 0 Å². The van der Waals surface area contributed by atoms with E-state index in [0.29, 0.717) is 0 Å². The highest BCUT2D eigenvalue weighted by Crippen LogP contribution is 2.22. The molecule has 1 aromatic heterocycles. The first-order chi connectivity index (χ1) is 9.52. The van der Waals surface area contributed by atoms with E-state index in [-0.39, 0.29) is 28.4 Å². The van der Waals surface area contributed by atoms with Crippen molar-refractivity contribution in [2.24, 2.45) is 0 Å². The van der Waals surface area contributed by atoms with Crippen molar-refractivity contribution in [3.8, 4) is 0 Å². The Hall–Kier alpha value is -1.43. The Morgan fingerprint density at radius 1 is 1.24 bits per heavy atom. The topological polar surface area (TPSA) is 145 Å². The van der Waals surface area contributed by atoms with Crippen molar-refractivity contribution >= 4 is 26.0 Å². The van der Waals surface area contributed by atoms with Gasteiger partial charge in [-0.3, -0.25) is 0 Å². The SMILES string of the molecule is CNS(=O)(=O)CCNS(=O)(=O)c1c(C)[nH]c(C(=O)O)c1C. The maximum atomic E-state index is 12.1. The number of H-pyrrole nitrogens is 1. The molecule has 0 amide bonds. The number of aromatic amines is 1. The molecule has 21 heavy (non-hydrogen) atoms. The van der Waals surface area contributed by atoms with Crippen molar-refractivity contribution in [3.05, 3.63) is 17.0 Å². The molecule has 1 heterocycles. The molecule has 1 aromatic rings. The first kappa shape index (κ1) is 17.6. The minimum atomic E-state index is -4.00. The molecular weight excluding hydrogens is 322 g/mol. The van der Waals surface area contributed by atoms with E-state index in [4.69, 9.17) is 5.11 Å². The van der Waals surface area contributed by atoms with Crippen molar-refractivity contribution in [2.75, 3.05) is 19.3 Å². The molecule has 11 heteroatoms. The lowest BCUT2D eigenvalue weighted by Crippen LogP contribution is -2.33. The van der Waals surface area contributed by atoms with Crippen LogP contribution in [-0.2, 0) is 20.0 Å². The fraction of sp³-hybridized carbons (Fsp3) is 0.500. The quantitative estimate of drug-likeness (QED) is 0.509. The second-order valence-electron chi connectivity index (χ2n) is 4.31. The van der Waals surface area contributed by atoms with Crippen LogP contribution in [0.1, 0.15) is 21.7 Å². The highest BCUT2D eigenvalue weighted by atomic mass is 32.2.